The number of carbonyl (C=O) groups excluding carboxylic acids is 2. The van der Waals surface area contributed by atoms with Gasteiger partial charge >= 0.3 is 5.97 Å². The molecule has 6 nitrogen and oxygen atoms in total. The molecule has 0 bridgehead atoms. The zero-order valence-corrected chi connectivity index (χ0v) is 16.4. The van der Waals surface area contributed by atoms with Crippen LogP contribution >= 0.6 is 34.5 Å². The third-order valence-corrected chi connectivity index (χ3v) is 5.22. The van der Waals surface area contributed by atoms with Crippen molar-refractivity contribution in [3.8, 4) is 10.7 Å². The van der Waals surface area contributed by atoms with Crippen LogP contribution in [0.2, 0.25) is 10.0 Å². The third kappa shape index (κ3) is 4.63. The van der Waals surface area contributed by atoms with Gasteiger partial charge in [0.25, 0.3) is 5.91 Å². The quantitative estimate of drug-likeness (QED) is 0.607. The summed E-state index contributed by atoms with van der Waals surface area (Å²) in [6, 6.07) is 10.3. The summed E-state index contributed by atoms with van der Waals surface area (Å²) in [5, 5.41) is 3.72. The molecule has 0 aliphatic rings. The Labute approximate surface area is 169 Å². The Balaban J connectivity index is 1.64. The number of carbonyl (C=O) groups is 2. The Bertz CT molecular complexity index is 973. The first-order valence-electron chi connectivity index (χ1n) is 7.75. The molecule has 138 valence electrons. The molecule has 1 aromatic carbocycles. The van der Waals surface area contributed by atoms with Crippen LogP contribution in [-0.2, 0) is 9.53 Å². The predicted octanol–water partition coefficient (Wildman–Crippen LogP) is 4.62. The van der Waals surface area contributed by atoms with Crippen molar-refractivity contribution < 1.29 is 14.3 Å². The largest absolute Gasteiger partial charge is 0.451 e. The van der Waals surface area contributed by atoms with Crippen molar-refractivity contribution >= 4 is 52.1 Å². The van der Waals surface area contributed by atoms with Crippen molar-refractivity contribution in [3.05, 3.63) is 63.2 Å². The molecule has 0 saturated heterocycles. The molecule has 1 N–H and O–H groups in total. The molecule has 0 radical (unpaired) electrons. The fourth-order valence-electron chi connectivity index (χ4n) is 2.17. The molecule has 0 spiro atoms. The number of anilines is 1. The minimum Gasteiger partial charge on any atom is -0.451 e. The number of pyridine rings is 1. The Morgan fingerprint density at radius 1 is 1.15 bits per heavy atom. The molecule has 9 heteroatoms. The first-order chi connectivity index (χ1) is 13.0. The number of hydrogen-bond donors (Lipinski definition) is 1. The highest BCUT2D eigenvalue weighted by molar-refractivity contribution is 7.17. The number of thiazole rings is 1. The molecule has 2 aromatic heterocycles. The van der Waals surface area contributed by atoms with Gasteiger partial charge in [-0.15, -0.1) is 11.3 Å². The fraction of sp³-hybridized carbons (Fsp3) is 0.111. The van der Waals surface area contributed by atoms with Gasteiger partial charge in [-0.05, 0) is 31.2 Å². The average molecular weight is 422 g/mol. The summed E-state index contributed by atoms with van der Waals surface area (Å²) in [6.45, 7) is 1.22. The van der Waals surface area contributed by atoms with Gasteiger partial charge in [0.15, 0.2) is 6.61 Å². The number of halogens is 2. The van der Waals surface area contributed by atoms with Crippen LogP contribution in [0.4, 0.5) is 5.69 Å². The van der Waals surface area contributed by atoms with Gasteiger partial charge in [-0.25, -0.2) is 9.78 Å². The zero-order valence-electron chi connectivity index (χ0n) is 14.0. The Kier molecular flexibility index (Phi) is 6.05. The van der Waals surface area contributed by atoms with Gasteiger partial charge in [0, 0.05) is 6.20 Å². The second-order valence-corrected chi connectivity index (χ2v) is 7.18. The molecular formula is C18H13Cl2N3O3S. The normalized spacial score (nSPS) is 10.5. The van der Waals surface area contributed by atoms with E-state index < -0.39 is 18.5 Å². The molecule has 3 rings (SSSR count). The number of ether oxygens (including phenoxy) is 1. The van der Waals surface area contributed by atoms with Crippen LogP contribution in [0.25, 0.3) is 10.7 Å². The maximum Gasteiger partial charge on any atom is 0.350 e. The van der Waals surface area contributed by atoms with Gasteiger partial charge in [-0.1, -0.05) is 35.3 Å². The number of para-hydroxylation sites is 1. The molecule has 2 heterocycles. The highest BCUT2D eigenvalue weighted by Gasteiger charge is 2.19. The number of rotatable bonds is 5. The number of hydrogen-bond acceptors (Lipinski definition) is 6. The monoisotopic (exact) mass is 421 g/mol. The number of benzene rings is 1. The first-order valence-corrected chi connectivity index (χ1v) is 9.32. The van der Waals surface area contributed by atoms with E-state index in [1.165, 1.54) is 0 Å². The van der Waals surface area contributed by atoms with Crippen LogP contribution < -0.4 is 5.32 Å². The Morgan fingerprint density at radius 2 is 1.89 bits per heavy atom. The van der Waals surface area contributed by atoms with E-state index in [-0.39, 0.29) is 5.69 Å². The van der Waals surface area contributed by atoms with Gasteiger partial charge in [0.05, 0.1) is 27.1 Å². The lowest BCUT2D eigenvalue weighted by Crippen LogP contribution is -2.21. The highest BCUT2D eigenvalue weighted by atomic mass is 35.5. The van der Waals surface area contributed by atoms with Crippen molar-refractivity contribution in [1.29, 1.82) is 0 Å². The zero-order chi connectivity index (χ0) is 19.4. The lowest BCUT2D eigenvalue weighted by atomic mass is 10.3. The van der Waals surface area contributed by atoms with E-state index in [9.17, 15) is 9.59 Å². The maximum atomic E-state index is 12.3. The van der Waals surface area contributed by atoms with Gasteiger partial charge in [-0.3, -0.25) is 9.78 Å². The molecule has 3 aromatic rings. The van der Waals surface area contributed by atoms with E-state index >= 15 is 0 Å². The van der Waals surface area contributed by atoms with E-state index in [0.717, 1.165) is 11.3 Å². The van der Waals surface area contributed by atoms with E-state index in [1.54, 1.807) is 43.5 Å². The van der Waals surface area contributed by atoms with Crippen LogP contribution in [0.5, 0.6) is 0 Å². The van der Waals surface area contributed by atoms with Crippen molar-refractivity contribution in [2.75, 3.05) is 11.9 Å². The molecule has 27 heavy (non-hydrogen) atoms. The molecule has 0 atom stereocenters. The standard InChI is InChI=1S/C18H13Cl2N3O3S/c1-10-16(27-17(22-10)13-7-2-3-8-21-13)18(25)26-9-14(24)23-15-11(19)5-4-6-12(15)20/h2-8H,9H2,1H3,(H,23,24). The summed E-state index contributed by atoms with van der Waals surface area (Å²) >= 11 is 13.1. The van der Waals surface area contributed by atoms with E-state index in [4.69, 9.17) is 27.9 Å². The van der Waals surface area contributed by atoms with Crippen LogP contribution in [0.15, 0.2) is 42.6 Å². The maximum absolute atomic E-state index is 12.3. The fourth-order valence-corrected chi connectivity index (χ4v) is 3.60. The summed E-state index contributed by atoms with van der Waals surface area (Å²) in [7, 11) is 0. The van der Waals surface area contributed by atoms with Gasteiger partial charge < -0.3 is 10.1 Å². The minimum absolute atomic E-state index is 0.272. The summed E-state index contributed by atoms with van der Waals surface area (Å²) in [5.74, 6) is -1.18. The molecule has 0 saturated carbocycles. The molecular weight excluding hydrogens is 409 g/mol. The summed E-state index contributed by atoms with van der Waals surface area (Å²) in [4.78, 5) is 33.2. The molecule has 0 fully saturated rings. The van der Waals surface area contributed by atoms with Gasteiger partial charge in [-0.2, -0.15) is 0 Å². The van der Waals surface area contributed by atoms with Crippen molar-refractivity contribution in [2.45, 2.75) is 6.92 Å². The Hall–Kier alpha value is -2.48. The molecule has 0 aliphatic carbocycles. The topological polar surface area (TPSA) is 81.2 Å². The number of nitrogens with one attached hydrogen (secondary N) is 1. The van der Waals surface area contributed by atoms with Crippen molar-refractivity contribution in [1.82, 2.24) is 9.97 Å². The molecule has 1 amide bonds. The summed E-state index contributed by atoms with van der Waals surface area (Å²) < 4.78 is 5.08. The number of esters is 1. The SMILES string of the molecule is Cc1nc(-c2ccccn2)sc1C(=O)OCC(=O)Nc1c(Cl)cccc1Cl. The van der Waals surface area contributed by atoms with Gasteiger partial charge in [0.1, 0.15) is 9.88 Å². The highest BCUT2D eigenvalue weighted by Crippen LogP contribution is 2.30. The average Bonchev–Trinajstić information content (AvgIpc) is 3.05. The van der Waals surface area contributed by atoms with Crippen LogP contribution in [0.1, 0.15) is 15.4 Å². The second-order valence-electron chi connectivity index (χ2n) is 5.37. The van der Waals surface area contributed by atoms with E-state index in [0.29, 0.717) is 31.3 Å². The van der Waals surface area contributed by atoms with E-state index in [2.05, 4.69) is 15.3 Å². The lowest BCUT2D eigenvalue weighted by molar-refractivity contribution is -0.119. The lowest BCUT2D eigenvalue weighted by Gasteiger charge is -2.09. The van der Waals surface area contributed by atoms with Crippen LogP contribution in [-0.4, -0.2) is 28.5 Å². The minimum atomic E-state index is -0.632. The van der Waals surface area contributed by atoms with Crippen LogP contribution in [0, 0.1) is 6.92 Å². The number of aromatic nitrogens is 2. The van der Waals surface area contributed by atoms with Crippen molar-refractivity contribution in [3.63, 3.8) is 0 Å². The second kappa shape index (κ2) is 8.47. The number of aryl methyl sites for hydroxylation is 1. The predicted molar refractivity (Wildman–Crippen MR) is 105 cm³/mol. The summed E-state index contributed by atoms with van der Waals surface area (Å²) in [6.07, 6.45) is 1.65. The summed E-state index contributed by atoms with van der Waals surface area (Å²) in [5.41, 5.74) is 1.45. The third-order valence-electron chi connectivity index (χ3n) is 3.43. The Morgan fingerprint density at radius 3 is 2.56 bits per heavy atom. The smallest absolute Gasteiger partial charge is 0.350 e. The number of nitrogens with zero attached hydrogens (tertiary/aromatic N) is 2. The molecule has 0 aliphatic heterocycles. The van der Waals surface area contributed by atoms with Crippen LogP contribution in [0.3, 0.4) is 0 Å². The first kappa shape index (κ1) is 19.3. The van der Waals surface area contributed by atoms with E-state index in [1.807, 2.05) is 6.07 Å². The van der Waals surface area contributed by atoms with Gasteiger partial charge in [0.2, 0.25) is 0 Å². The number of amides is 1. The van der Waals surface area contributed by atoms with Crippen molar-refractivity contribution in [2.24, 2.45) is 0 Å². The molecule has 0 unspecified atom stereocenters.